The van der Waals surface area contributed by atoms with Gasteiger partial charge in [0.2, 0.25) is 0 Å². The lowest BCUT2D eigenvalue weighted by Crippen LogP contribution is -2.12. The molecule has 1 saturated carbocycles. The zero-order valence-corrected chi connectivity index (χ0v) is 7.79. The normalized spacial score (nSPS) is 35.0. The van der Waals surface area contributed by atoms with Crippen LogP contribution in [0.1, 0.15) is 24.0 Å². The number of aryl methyl sites for hydroxylation is 1. The number of benzene rings is 1. The molecule has 2 atom stereocenters. The molecule has 2 aliphatic carbocycles. The Morgan fingerprint density at radius 3 is 3.00 bits per heavy atom. The number of hydrogen-bond donors (Lipinski definition) is 1. The van der Waals surface area contributed by atoms with E-state index in [2.05, 4.69) is 24.3 Å². The van der Waals surface area contributed by atoms with Gasteiger partial charge in [0.25, 0.3) is 0 Å². The smallest absolute Gasteiger partial charge is 0.000288 e. The standard InChI is InChI=1S/C12H15N/c13-8-10-7-12(10)6-5-9-3-1-2-4-11(9)12/h1-4,10H,5-8,13H2/t10-,12+/m0/s1. The third kappa shape index (κ3) is 0.856. The number of rotatable bonds is 1. The molecule has 0 aromatic heterocycles. The molecular weight excluding hydrogens is 158 g/mol. The van der Waals surface area contributed by atoms with Gasteiger partial charge >= 0.3 is 0 Å². The molecule has 1 fully saturated rings. The van der Waals surface area contributed by atoms with E-state index in [9.17, 15) is 0 Å². The zero-order valence-electron chi connectivity index (χ0n) is 7.79. The summed E-state index contributed by atoms with van der Waals surface area (Å²) in [4.78, 5) is 0. The molecule has 68 valence electrons. The molecular formula is C12H15N. The first-order valence-corrected chi connectivity index (χ1v) is 5.15. The van der Waals surface area contributed by atoms with Gasteiger partial charge in [0.15, 0.2) is 0 Å². The fourth-order valence-electron chi connectivity index (χ4n) is 3.04. The van der Waals surface area contributed by atoms with E-state index in [1.165, 1.54) is 19.3 Å². The summed E-state index contributed by atoms with van der Waals surface area (Å²) in [7, 11) is 0. The highest BCUT2D eigenvalue weighted by Crippen LogP contribution is 2.60. The quantitative estimate of drug-likeness (QED) is 0.689. The Morgan fingerprint density at radius 1 is 1.38 bits per heavy atom. The molecule has 1 spiro atoms. The molecule has 0 radical (unpaired) electrons. The van der Waals surface area contributed by atoms with Gasteiger partial charge in [-0.2, -0.15) is 0 Å². The summed E-state index contributed by atoms with van der Waals surface area (Å²) in [6.07, 6.45) is 3.95. The molecule has 2 N–H and O–H groups in total. The average molecular weight is 173 g/mol. The van der Waals surface area contributed by atoms with Crippen molar-refractivity contribution in [3.05, 3.63) is 35.4 Å². The van der Waals surface area contributed by atoms with Crippen molar-refractivity contribution in [3.63, 3.8) is 0 Å². The van der Waals surface area contributed by atoms with Gasteiger partial charge in [-0.05, 0) is 42.9 Å². The van der Waals surface area contributed by atoms with Crippen molar-refractivity contribution in [2.24, 2.45) is 11.7 Å². The maximum atomic E-state index is 5.75. The second kappa shape index (κ2) is 2.36. The third-order valence-electron chi connectivity index (χ3n) is 3.91. The van der Waals surface area contributed by atoms with Gasteiger partial charge in [-0.25, -0.2) is 0 Å². The van der Waals surface area contributed by atoms with E-state index in [1.54, 1.807) is 11.1 Å². The van der Waals surface area contributed by atoms with E-state index in [-0.39, 0.29) is 0 Å². The molecule has 3 rings (SSSR count). The fraction of sp³-hybridized carbons (Fsp3) is 0.500. The van der Waals surface area contributed by atoms with E-state index in [4.69, 9.17) is 5.73 Å². The first-order valence-electron chi connectivity index (χ1n) is 5.15. The Bertz CT molecular complexity index is 345. The Balaban J connectivity index is 2.05. The molecule has 1 nitrogen and oxygen atoms in total. The molecule has 0 unspecified atom stereocenters. The molecule has 1 aromatic rings. The van der Waals surface area contributed by atoms with E-state index in [0.29, 0.717) is 5.41 Å². The fourth-order valence-corrected chi connectivity index (χ4v) is 3.04. The lowest BCUT2D eigenvalue weighted by atomic mass is 9.95. The van der Waals surface area contributed by atoms with E-state index in [0.717, 1.165) is 12.5 Å². The summed E-state index contributed by atoms with van der Waals surface area (Å²) in [5.74, 6) is 0.774. The number of fused-ring (bicyclic) bond motifs is 2. The van der Waals surface area contributed by atoms with Crippen molar-refractivity contribution in [3.8, 4) is 0 Å². The molecule has 0 amide bonds. The summed E-state index contributed by atoms with van der Waals surface area (Å²) >= 11 is 0. The monoisotopic (exact) mass is 173 g/mol. The van der Waals surface area contributed by atoms with Crippen LogP contribution in [0.2, 0.25) is 0 Å². The van der Waals surface area contributed by atoms with Crippen LogP contribution in [-0.2, 0) is 11.8 Å². The molecule has 13 heavy (non-hydrogen) atoms. The number of nitrogens with two attached hydrogens (primary N) is 1. The lowest BCUT2D eigenvalue weighted by molar-refractivity contribution is 0.601. The lowest BCUT2D eigenvalue weighted by Gasteiger charge is -2.09. The van der Waals surface area contributed by atoms with Gasteiger partial charge in [-0.3, -0.25) is 0 Å². The van der Waals surface area contributed by atoms with E-state index >= 15 is 0 Å². The summed E-state index contributed by atoms with van der Waals surface area (Å²) < 4.78 is 0. The molecule has 2 aliphatic rings. The summed E-state index contributed by atoms with van der Waals surface area (Å²) in [5.41, 5.74) is 9.43. The molecule has 0 heterocycles. The SMILES string of the molecule is NC[C@@H]1C[C@]12CCc1ccccc12. The van der Waals surface area contributed by atoms with Crippen LogP contribution in [0.25, 0.3) is 0 Å². The van der Waals surface area contributed by atoms with Crippen LogP contribution in [0, 0.1) is 5.92 Å². The summed E-state index contributed by atoms with van der Waals surface area (Å²) in [6, 6.07) is 8.89. The van der Waals surface area contributed by atoms with Gasteiger partial charge in [-0.15, -0.1) is 0 Å². The third-order valence-corrected chi connectivity index (χ3v) is 3.91. The van der Waals surface area contributed by atoms with Crippen LogP contribution < -0.4 is 5.73 Å². The predicted molar refractivity (Wildman–Crippen MR) is 53.6 cm³/mol. The summed E-state index contributed by atoms with van der Waals surface area (Å²) in [5, 5.41) is 0. The minimum Gasteiger partial charge on any atom is -0.330 e. The maximum Gasteiger partial charge on any atom is 0.000288 e. The highest BCUT2D eigenvalue weighted by Gasteiger charge is 2.56. The van der Waals surface area contributed by atoms with E-state index < -0.39 is 0 Å². The topological polar surface area (TPSA) is 26.0 Å². The van der Waals surface area contributed by atoms with Crippen LogP contribution in [0.3, 0.4) is 0 Å². The van der Waals surface area contributed by atoms with Crippen LogP contribution in [0.15, 0.2) is 24.3 Å². The van der Waals surface area contributed by atoms with E-state index in [1.807, 2.05) is 0 Å². The summed E-state index contributed by atoms with van der Waals surface area (Å²) in [6.45, 7) is 0.869. The largest absolute Gasteiger partial charge is 0.330 e. The van der Waals surface area contributed by atoms with Crippen molar-refractivity contribution in [2.45, 2.75) is 24.7 Å². The Morgan fingerprint density at radius 2 is 2.23 bits per heavy atom. The van der Waals surface area contributed by atoms with Crippen LogP contribution in [0.5, 0.6) is 0 Å². The Labute approximate surface area is 78.9 Å². The van der Waals surface area contributed by atoms with Crippen molar-refractivity contribution < 1.29 is 0 Å². The molecule has 1 aromatic carbocycles. The van der Waals surface area contributed by atoms with Gasteiger partial charge in [0.05, 0.1) is 0 Å². The average Bonchev–Trinajstić information content (AvgIpc) is 2.78. The van der Waals surface area contributed by atoms with Crippen LogP contribution in [0.4, 0.5) is 0 Å². The molecule has 0 bridgehead atoms. The van der Waals surface area contributed by atoms with Gasteiger partial charge in [0, 0.05) is 5.41 Å². The predicted octanol–water partition coefficient (Wildman–Crippen LogP) is 1.85. The first kappa shape index (κ1) is 7.57. The van der Waals surface area contributed by atoms with Gasteiger partial charge < -0.3 is 5.73 Å². The van der Waals surface area contributed by atoms with Crippen LogP contribution in [-0.4, -0.2) is 6.54 Å². The zero-order chi connectivity index (χ0) is 8.89. The van der Waals surface area contributed by atoms with Crippen molar-refractivity contribution >= 4 is 0 Å². The Hall–Kier alpha value is -0.820. The molecule has 1 heteroatoms. The number of hydrogen-bond acceptors (Lipinski definition) is 1. The minimum atomic E-state index is 0.519. The van der Waals surface area contributed by atoms with Crippen molar-refractivity contribution in [2.75, 3.05) is 6.54 Å². The first-order chi connectivity index (χ1) is 6.37. The van der Waals surface area contributed by atoms with Crippen molar-refractivity contribution in [1.29, 1.82) is 0 Å². The van der Waals surface area contributed by atoms with Crippen molar-refractivity contribution in [1.82, 2.24) is 0 Å². The van der Waals surface area contributed by atoms with Gasteiger partial charge in [-0.1, -0.05) is 24.3 Å². The highest BCUT2D eigenvalue weighted by atomic mass is 14.7. The highest BCUT2D eigenvalue weighted by molar-refractivity contribution is 5.45. The second-order valence-electron chi connectivity index (χ2n) is 4.45. The van der Waals surface area contributed by atoms with Crippen LogP contribution >= 0.6 is 0 Å². The minimum absolute atomic E-state index is 0.519. The molecule has 0 saturated heterocycles. The maximum absolute atomic E-state index is 5.75. The Kier molecular flexibility index (Phi) is 1.37. The second-order valence-corrected chi connectivity index (χ2v) is 4.45. The van der Waals surface area contributed by atoms with Gasteiger partial charge in [0.1, 0.15) is 0 Å². The molecule has 0 aliphatic heterocycles.